The van der Waals surface area contributed by atoms with Crippen molar-refractivity contribution in [2.45, 2.75) is 32.1 Å². The first-order chi connectivity index (χ1) is 13.8. The topological polar surface area (TPSA) is 46.2 Å². The van der Waals surface area contributed by atoms with Crippen LogP contribution in [0.2, 0.25) is 0 Å². The maximum Gasteiger partial charge on any atom is 0.229 e. The molecule has 1 aliphatic rings. The van der Waals surface area contributed by atoms with Gasteiger partial charge < -0.3 is 0 Å². The van der Waals surface area contributed by atoms with Crippen molar-refractivity contribution in [1.82, 2.24) is 0 Å². The van der Waals surface area contributed by atoms with Gasteiger partial charge in [-0.05, 0) is 78.3 Å². The summed E-state index contributed by atoms with van der Waals surface area (Å²) >= 11 is 0. The molecule has 3 aromatic rings. The quantitative estimate of drug-likeness (QED) is 0.661. The maximum atomic E-state index is 13.9. The second-order valence-corrected chi connectivity index (χ2v) is 9.63. The van der Waals surface area contributed by atoms with E-state index in [-0.39, 0.29) is 11.7 Å². The third-order valence-electron chi connectivity index (χ3n) is 5.49. The number of aryl methyl sites for hydroxylation is 3. The van der Waals surface area contributed by atoms with E-state index in [1.165, 1.54) is 22.8 Å². The Hall–Kier alpha value is -2.66. The minimum Gasteiger partial charge on any atom is -0.284 e. The van der Waals surface area contributed by atoms with Crippen LogP contribution >= 0.6 is 0 Å². The van der Waals surface area contributed by atoms with Crippen molar-refractivity contribution in [3.63, 3.8) is 0 Å². The molecular weight excluding hydrogens is 385 g/mol. The molecule has 0 bridgehead atoms. The highest BCUT2D eigenvalue weighted by molar-refractivity contribution is 7.92. The molecule has 1 N–H and O–H groups in total. The van der Waals surface area contributed by atoms with Crippen molar-refractivity contribution in [3.05, 3.63) is 99.9 Å². The lowest BCUT2D eigenvalue weighted by Gasteiger charge is -2.21. The van der Waals surface area contributed by atoms with Crippen molar-refractivity contribution in [3.8, 4) is 0 Å². The minimum absolute atomic E-state index is 0.0946. The lowest BCUT2D eigenvalue weighted by molar-refractivity contribution is 0.607. The number of hydrogen-bond acceptors (Lipinski definition) is 2. The number of rotatable bonds is 4. The fourth-order valence-corrected chi connectivity index (χ4v) is 4.85. The van der Waals surface area contributed by atoms with Gasteiger partial charge in [-0.1, -0.05) is 42.0 Å². The molecule has 5 heteroatoms. The predicted molar refractivity (Wildman–Crippen MR) is 115 cm³/mol. The van der Waals surface area contributed by atoms with E-state index in [1.54, 1.807) is 12.1 Å². The average Bonchev–Trinajstić information content (AvgIpc) is 2.77. The van der Waals surface area contributed by atoms with Crippen LogP contribution in [0.3, 0.4) is 0 Å². The van der Waals surface area contributed by atoms with Crippen LogP contribution in [0.5, 0.6) is 0 Å². The second-order valence-electron chi connectivity index (χ2n) is 7.88. The lowest BCUT2D eigenvalue weighted by Crippen LogP contribution is -2.11. The zero-order chi connectivity index (χ0) is 20.6. The van der Waals surface area contributed by atoms with Gasteiger partial charge in [-0.2, -0.15) is 0 Å². The van der Waals surface area contributed by atoms with Crippen LogP contribution in [-0.4, -0.2) is 14.7 Å². The highest BCUT2D eigenvalue weighted by Gasteiger charge is 2.24. The van der Waals surface area contributed by atoms with Crippen molar-refractivity contribution < 1.29 is 12.8 Å². The molecule has 29 heavy (non-hydrogen) atoms. The second kappa shape index (κ2) is 7.64. The third-order valence-corrected chi connectivity index (χ3v) is 6.09. The Bertz CT molecular complexity index is 1120. The molecule has 4 rings (SSSR count). The summed E-state index contributed by atoms with van der Waals surface area (Å²) < 4.78 is 39.7. The molecule has 0 fully saturated rings. The van der Waals surface area contributed by atoms with Gasteiger partial charge in [0.15, 0.2) is 0 Å². The Morgan fingerprint density at radius 2 is 1.66 bits per heavy atom. The number of sulfonamides is 1. The molecule has 0 heterocycles. The number of hydrogen-bond donors (Lipinski definition) is 1. The van der Waals surface area contributed by atoms with Crippen molar-refractivity contribution in [2.24, 2.45) is 0 Å². The van der Waals surface area contributed by atoms with Gasteiger partial charge in [0.1, 0.15) is 5.82 Å². The highest BCUT2D eigenvalue weighted by Crippen LogP contribution is 2.37. The summed E-state index contributed by atoms with van der Waals surface area (Å²) in [6.07, 6.45) is 3.57. The van der Waals surface area contributed by atoms with E-state index in [0.29, 0.717) is 12.1 Å². The Morgan fingerprint density at radius 3 is 2.38 bits per heavy atom. The van der Waals surface area contributed by atoms with E-state index in [9.17, 15) is 12.8 Å². The van der Waals surface area contributed by atoms with E-state index in [1.807, 2.05) is 24.3 Å². The molecule has 150 valence electrons. The van der Waals surface area contributed by atoms with Crippen LogP contribution in [0.25, 0.3) is 0 Å². The van der Waals surface area contributed by atoms with Crippen LogP contribution in [0.15, 0.2) is 60.7 Å². The fraction of sp³-hybridized carbons (Fsp3) is 0.250. The molecule has 0 saturated heterocycles. The van der Waals surface area contributed by atoms with E-state index in [2.05, 4.69) is 29.8 Å². The van der Waals surface area contributed by atoms with E-state index in [0.717, 1.165) is 35.8 Å². The summed E-state index contributed by atoms with van der Waals surface area (Å²) in [5.41, 5.74) is 7.58. The van der Waals surface area contributed by atoms with Crippen molar-refractivity contribution in [1.29, 1.82) is 0 Å². The molecule has 0 saturated carbocycles. The maximum absolute atomic E-state index is 13.9. The van der Waals surface area contributed by atoms with E-state index >= 15 is 0 Å². The van der Waals surface area contributed by atoms with Gasteiger partial charge in [0.2, 0.25) is 10.0 Å². The minimum atomic E-state index is -3.33. The molecule has 0 radical (unpaired) electrons. The number of fused-ring (bicyclic) bond motifs is 2. The van der Waals surface area contributed by atoms with Gasteiger partial charge in [0.05, 0.1) is 6.26 Å². The standard InChI is InChI=1S/C24H24FNO2S/c1-16-6-10-22-18(12-16)7-8-19-15-20(25)9-11-23(19)24(22)14-17-4-3-5-21(13-17)26-29(2,27)28/h3-6,9-13,15,24,26H,7-8,14H2,1-2H3. The zero-order valence-corrected chi connectivity index (χ0v) is 17.4. The van der Waals surface area contributed by atoms with Gasteiger partial charge in [0, 0.05) is 11.6 Å². The van der Waals surface area contributed by atoms with Crippen molar-refractivity contribution >= 4 is 15.7 Å². The smallest absolute Gasteiger partial charge is 0.229 e. The first-order valence-corrected chi connectivity index (χ1v) is 11.6. The first-order valence-electron chi connectivity index (χ1n) is 9.73. The number of nitrogens with one attached hydrogen (secondary N) is 1. The monoisotopic (exact) mass is 409 g/mol. The molecule has 1 unspecified atom stereocenters. The van der Waals surface area contributed by atoms with Gasteiger partial charge in [-0.25, -0.2) is 12.8 Å². The molecule has 1 atom stereocenters. The molecule has 1 aliphatic carbocycles. The van der Waals surface area contributed by atoms with Crippen LogP contribution in [0.1, 0.15) is 39.3 Å². The van der Waals surface area contributed by atoms with Crippen LogP contribution < -0.4 is 4.72 Å². The summed E-state index contributed by atoms with van der Waals surface area (Å²) in [5, 5.41) is 0. The van der Waals surface area contributed by atoms with Gasteiger partial charge in [-0.3, -0.25) is 4.72 Å². The summed E-state index contributed by atoms with van der Waals surface area (Å²) in [7, 11) is -3.33. The Labute approximate surface area is 171 Å². The lowest BCUT2D eigenvalue weighted by atomic mass is 9.83. The molecule has 0 amide bonds. The van der Waals surface area contributed by atoms with Crippen molar-refractivity contribution in [2.75, 3.05) is 11.0 Å². The largest absolute Gasteiger partial charge is 0.284 e. The molecule has 3 aromatic carbocycles. The summed E-state index contributed by atoms with van der Waals surface area (Å²) in [5.74, 6) is -0.110. The number of anilines is 1. The molecular formula is C24H24FNO2S. The SMILES string of the molecule is Cc1ccc2c(c1)CCc1cc(F)ccc1C2Cc1cccc(NS(C)(=O)=O)c1. The van der Waals surface area contributed by atoms with Crippen LogP contribution in [-0.2, 0) is 29.3 Å². The highest BCUT2D eigenvalue weighted by atomic mass is 32.2. The molecule has 0 spiro atoms. The third kappa shape index (κ3) is 4.51. The molecule has 0 aliphatic heterocycles. The van der Waals surface area contributed by atoms with Crippen LogP contribution in [0.4, 0.5) is 10.1 Å². The van der Waals surface area contributed by atoms with Crippen LogP contribution in [0, 0.1) is 12.7 Å². The van der Waals surface area contributed by atoms with Gasteiger partial charge in [0.25, 0.3) is 0 Å². The molecule has 3 nitrogen and oxygen atoms in total. The first kappa shape index (κ1) is 19.6. The Kier molecular flexibility index (Phi) is 5.17. The average molecular weight is 410 g/mol. The van der Waals surface area contributed by atoms with Gasteiger partial charge >= 0.3 is 0 Å². The van der Waals surface area contributed by atoms with E-state index < -0.39 is 10.0 Å². The van der Waals surface area contributed by atoms with Gasteiger partial charge in [-0.15, -0.1) is 0 Å². The summed E-state index contributed by atoms with van der Waals surface area (Å²) in [6, 6.07) is 19.1. The number of halogens is 1. The normalized spacial score (nSPS) is 15.9. The van der Waals surface area contributed by atoms with E-state index in [4.69, 9.17) is 0 Å². The predicted octanol–water partition coefficient (Wildman–Crippen LogP) is 4.98. The summed E-state index contributed by atoms with van der Waals surface area (Å²) in [4.78, 5) is 0. The number of benzene rings is 3. The Morgan fingerprint density at radius 1 is 0.966 bits per heavy atom. The summed E-state index contributed by atoms with van der Waals surface area (Å²) in [6.45, 7) is 2.09. The fourth-order valence-electron chi connectivity index (χ4n) is 4.29. The molecule has 0 aromatic heterocycles. The zero-order valence-electron chi connectivity index (χ0n) is 16.6. The Balaban J connectivity index is 1.77.